The van der Waals surface area contributed by atoms with Crippen LogP contribution in [0.1, 0.15) is 37.9 Å². The van der Waals surface area contributed by atoms with Gasteiger partial charge >= 0.3 is 5.97 Å². The van der Waals surface area contributed by atoms with Gasteiger partial charge < -0.3 is 9.67 Å². The fourth-order valence-corrected chi connectivity index (χ4v) is 2.57. The maximum atomic E-state index is 11.5. The van der Waals surface area contributed by atoms with E-state index < -0.39 is 11.4 Å². The molecule has 1 fully saturated rings. The summed E-state index contributed by atoms with van der Waals surface area (Å²) in [6, 6.07) is 0. The zero-order valence-corrected chi connectivity index (χ0v) is 9.65. The van der Waals surface area contributed by atoms with Crippen LogP contribution in [-0.4, -0.2) is 20.6 Å². The number of nitrogens with zero attached hydrogens (tertiary/aromatic N) is 2. The van der Waals surface area contributed by atoms with Crippen molar-refractivity contribution in [1.82, 2.24) is 9.55 Å². The smallest absolute Gasteiger partial charge is 0.311 e. The summed E-state index contributed by atoms with van der Waals surface area (Å²) in [7, 11) is 0. The lowest BCUT2D eigenvalue weighted by Crippen LogP contribution is -2.37. The molecule has 1 aliphatic rings. The van der Waals surface area contributed by atoms with Crippen molar-refractivity contribution in [3.8, 4) is 0 Å². The molecule has 88 valence electrons. The molecule has 4 nitrogen and oxygen atoms in total. The topological polar surface area (TPSA) is 55.1 Å². The molecule has 1 aromatic rings. The van der Waals surface area contributed by atoms with Gasteiger partial charge in [-0.1, -0.05) is 19.3 Å². The van der Waals surface area contributed by atoms with Crippen molar-refractivity contribution >= 4 is 5.97 Å². The van der Waals surface area contributed by atoms with Gasteiger partial charge in [0.1, 0.15) is 5.82 Å². The summed E-state index contributed by atoms with van der Waals surface area (Å²) in [5, 5.41) is 9.44. The Balaban J connectivity index is 2.20. The van der Waals surface area contributed by atoms with Crippen molar-refractivity contribution in [2.24, 2.45) is 5.41 Å². The van der Waals surface area contributed by atoms with Crippen molar-refractivity contribution in [3.63, 3.8) is 0 Å². The molecule has 1 heterocycles. The van der Waals surface area contributed by atoms with Crippen LogP contribution in [0, 0.1) is 12.3 Å². The summed E-state index contributed by atoms with van der Waals surface area (Å²) in [6.07, 6.45) is 8.40. The van der Waals surface area contributed by atoms with Crippen LogP contribution in [0.15, 0.2) is 12.4 Å². The maximum Gasteiger partial charge on any atom is 0.311 e. The molecule has 0 atom stereocenters. The van der Waals surface area contributed by atoms with Gasteiger partial charge in [0.05, 0.1) is 5.41 Å². The van der Waals surface area contributed by atoms with Crippen molar-refractivity contribution in [2.45, 2.75) is 45.6 Å². The average molecular weight is 222 g/mol. The minimum absolute atomic E-state index is 0.564. The number of rotatable bonds is 3. The predicted molar refractivity (Wildman–Crippen MR) is 60.1 cm³/mol. The lowest BCUT2D eigenvalue weighted by molar-refractivity contribution is -0.152. The van der Waals surface area contributed by atoms with Crippen LogP contribution in [0.2, 0.25) is 0 Å². The van der Waals surface area contributed by atoms with E-state index >= 15 is 0 Å². The van der Waals surface area contributed by atoms with E-state index in [9.17, 15) is 9.90 Å². The number of aromatic nitrogens is 2. The Bertz CT molecular complexity index is 378. The summed E-state index contributed by atoms with van der Waals surface area (Å²) >= 11 is 0. The third-order valence-corrected chi connectivity index (χ3v) is 3.66. The molecule has 0 aromatic carbocycles. The fraction of sp³-hybridized carbons (Fsp3) is 0.667. The van der Waals surface area contributed by atoms with Crippen LogP contribution in [0.3, 0.4) is 0 Å². The predicted octanol–water partition coefficient (Wildman–Crippen LogP) is 2.23. The first kappa shape index (κ1) is 11.2. The third-order valence-electron chi connectivity index (χ3n) is 3.66. The molecule has 0 bridgehead atoms. The highest BCUT2D eigenvalue weighted by Gasteiger charge is 2.40. The Hall–Kier alpha value is -1.32. The Morgan fingerprint density at radius 3 is 2.69 bits per heavy atom. The monoisotopic (exact) mass is 222 g/mol. The van der Waals surface area contributed by atoms with Gasteiger partial charge in [0, 0.05) is 18.9 Å². The summed E-state index contributed by atoms with van der Waals surface area (Å²) in [5.41, 5.74) is -0.566. The second-order valence-corrected chi connectivity index (χ2v) is 4.75. The van der Waals surface area contributed by atoms with Gasteiger partial charge in [-0.3, -0.25) is 4.79 Å². The highest BCUT2D eigenvalue weighted by molar-refractivity contribution is 5.74. The van der Waals surface area contributed by atoms with E-state index in [1.807, 2.05) is 17.7 Å². The molecule has 1 N–H and O–H groups in total. The molecular formula is C12H18N2O2. The summed E-state index contributed by atoms with van der Waals surface area (Å²) in [4.78, 5) is 15.6. The zero-order chi connectivity index (χ0) is 11.6. The van der Waals surface area contributed by atoms with Crippen molar-refractivity contribution < 1.29 is 9.90 Å². The van der Waals surface area contributed by atoms with Crippen LogP contribution in [0.5, 0.6) is 0 Å². The summed E-state index contributed by atoms with van der Waals surface area (Å²) < 4.78 is 1.96. The number of carboxylic acids is 1. The minimum Gasteiger partial charge on any atom is -0.481 e. The lowest BCUT2D eigenvalue weighted by Gasteiger charge is -2.33. The molecule has 1 aromatic heterocycles. The van der Waals surface area contributed by atoms with E-state index in [2.05, 4.69) is 4.98 Å². The second-order valence-electron chi connectivity index (χ2n) is 4.75. The quantitative estimate of drug-likeness (QED) is 0.853. The zero-order valence-electron chi connectivity index (χ0n) is 9.65. The molecule has 1 aliphatic carbocycles. The molecular weight excluding hydrogens is 204 g/mol. The van der Waals surface area contributed by atoms with Gasteiger partial charge in [-0.25, -0.2) is 4.98 Å². The fourth-order valence-electron chi connectivity index (χ4n) is 2.57. The van der Waals surface area contributed by atoms with Gasteiger partial charge in [-0.2, -0.15) is 0 Å². The van der Waals surface area contributed by atoms with E-state index in [4.69, 9.17) is 0 Å². The molecule has 1 saturated carbocycles. The largest absolute Gasteiger partial charge is 0.481 e. The molecule has 0 spiro atoms. The first-order valence-corrected chi connectivity index (χ1v) is 5.85. The van der Waals surface area contributed by atoms with Crippen molar-refractivity contribution in [2.75, 3.05) is 0 Å². The molecule has 0 radical (unpaired) electrons. The first-order chi connectivity index (χ1) is 7.64. The minimum atomic E-state index is -0.652. The normalized spacial score (nSPS) is 19.6. The molecule has 4 heteroatoms. The van der Waals surface area contributed by atoms with Gasteiger partial charge in [0.25, 0.3) is 0 Å². The highest BCUT2D eigenvalue weighted by Crippen LogP contribution is 2.38. The molecule has 0 amide bonds. The average Bonchev–Trinajstić information content (AvgIpc) is 2.65. The van der Waals surface area contributed by atoms with Crippen LogP contribution < -0.4 is 0 Å². The third kappa shape index (κ3) is 1.96. The summed E-state index contributed by atoms with van der Waals surface area (Å²) in [5.74, 6) is 0.242. The molecule has 0 unspecified atom stereocenters. The Kier molecular flexibility index (Phi) is 2.99. The number of carbonyl (C=O) groups is 1. The Labute approximate surface area is 95.3 Å². The molecule has 0 saturated heterocycles. The molecule has 2 rings (SSSR count). The van der Waals surface area contributed by atoms with Crippen LogP contribution in [0.25, 0.3) is 0 Å². The number of aryl methyl sites for hydroxylation is 1. The maximum absolute atomic E-state index is 11.5. The van der Waals surface area contributed by atoms with Gasteiger partial charge in [0.15, 0.2) is 0 Å². The van der Waals surface area contributed by atoms with Gasteiger partial charge in [0.2, 0.25) is 0 Å². The van der Waals surface area contributed by atoms with Gasteiger partial charge in [-0.05, 0) is 19.8 Å². The number of aliphatic carboxylic acids is 1. The number of hydrogen-bond donors (Lipinski definition) is 1. The van der Waals surface area contributed by atoms with Gasteiger partial charge in [-0.15, -0.1) is 0 Å². The van der Waals surface area contributed by atoms with Crippen molar-refractivity contribution in [3.05, 3.63) is 18.2 Å². The van der Waals surface area contributed by atoms with E-state index in [1.54, 1.807) is 6.20 Å². The van der Waals surface area contributed by atoms with Crippen LogP contribution >= 0.6 is 0 Å². The second kappa shape index (κ2) is 4.28. The van der Waals surface area contributed by atoms with E-state index in [0.29, 0.717) is 6.54 Å². The number of imidazole rings is 1. The SMILES string of the molecule is Cc1nccn1CC1(C(=O)O)CCCCC1. The lowest BCUT2D eigenvalue weighted by atomic mass is 9.74. The highest BCUT2D eigenvalue weighted by atomic mass is 16.4. The standard InChI is InChI=1S/C12H18N2O2/c1-10-13-7-8-14(10)9-12(11(15)16)5-3-2-4-6-12/h7-8H,2-6,9H2,1H3,(H,15,16). The van der Waals surface area contributed by atoms with E-state index in [-0.39, 0.29) is 0 Å². The van der Waals surface area contributed by atoms with E-state index in [1.165, 1.54) is 0 Å². The van der Waals surface area contributed by atoms with Crippen molar-refractivity contribution in [1.29, 1.82) is 0 Å². The Morgan fingerprint density at radius 1 is 1.50 bits per heavy atom. The molecule has 0 aliphatic heterocycles. The van der Waals surface area contributed by atoms with Crippen LogP contribution in [0.4, 0.5) is 0 Å². The summed E-state index contributed by atoms with van der Waals surface area (Å²) in [6.45, 7) is 2.48. The number of carboxylic acid groups (broad SMARTS) is 1. The van der Waals surface area contributed by atoms with Crippen LogP contribution in [-0.2, 0) is 11.3 Å². The first-order valence-electron chi connectivity index (χ1n) is 5.85. The molecule has 16 heavy (non-hydrogen) atoms. The van der Waals surface area contributed by atoms with E-state index in [0.717, 1.165) is 37.9 Å². The Morgan fingerprint density at radius 2 is 2.19 bits per heavy atom. The number of hydrogen-bond acceptors (Lipinski definition) is 2.